The predicted molar refractivity (Wildman–Crippen MR) is 72.2 cm³/mol. The van der Waals surface area contributed by atoms with E-state index in [1.54, 1.807) is 13.0 Å². The first kappa shape index (κ1) is 12.7. The Hall–Kier alpha value is -1.77. The lowest BCUT2D eigenvalue weighted by Gasteiger charge is -2.23. The quantitative estimate of drug-likeness (QED) is 0.825. The van der Waals surface area contributed by atoms with E-state index < -0.39 is 0 Å². The minimum absolute atomic E-state index is 0.0615. The van der Waals surface area contributed by atoms with Crippen molar-refractivity contribution in [1.29, 1.82) is 0 Å². The maximum Gasteiger partial charge on any atom is 0.336 e. The maximum absolute atomic E-state index is 11.4. The van der Waals surface area contributed by atoms with Gasteiger partial charge in [-0.3, -0.25) is 0 Å². The van der Waals surface area contributed by atoms with E-state index >= 15 is 0 Å². The summed E-state index contributed by atoms with van der Waals surface area (Å²) in [5, 5.41) is 10.7. The van der Waals surface area contributed by atoms with Gasteiger partial charge in [-0.1, -0.05) is 20.8 Å². The van der Waals surface area contributed by atoms with Crippen LogP contribution in [0, 0.1) is 6.92 Å². The molecule has 2 aromatic rings. The van der Waals surface area contributed by atoms with E-state index in [0.717, 1.165) is 17.5 Å². The van der Waals surface area contributed by atoms with Gasteiger partial charge in [-0.25, -0.2) is 4.79 Å². The molecule has 0 radical (unpaired) electrons. The fourth-order valence-electron chi connectivity index (χ4n) is 2.06. The van der Waals surface area contributed by atoms with Crippen LogP contribution in [-0.2, 0) is 5.41 Å². The van der Waals surface area contributed by atoms with Gasteiger partial charge in [0.2, 0.25) is 0 Å². The first-order valence-electron chi connectivity index (χ1n) is 6.13. The highest BCUT2D eigenvalue weighted by Gasteiger charge is 2.21. The molecule has 0 aliphatic carbocycles. The molecule has 1 heterocycles. The summed E-state index contributed by atoms with van der Waals surface area (Å²) in [7, 11) is 0. The summed E-state index contributed by atoms with van der Waals surface area (Å²) in [5.41, 5.74) is 1.72. The lowest BCUT2D eigenvalue weighted by molar-refractivity contribution is 0.466. The number of phenolic OH excluding ortho intramolecular Hbond substituents is 1. The summed E-state index contributed by atoms with van der Waals surface area (Å²) in [4.78, 5) is 11.4. The van der Waals surface area contributed by atoms with Crippen LogP contribution in [0.3, 0.4) is 0 Å². The fourth-order valence-corrected chi connectivity index (χ4v) is 2.06. The Kier molecular flexibility index (Phi) is 2.93. The molecule has 1 N–H and O–H groups in total. The Bertz CT molecular complexity index is 651. The zero-order valence-electron chi connectivity index (χ0n) is 11.2. The second-order valence-corrected chi connectivity index (χ2v) is 5.35. The summed E-state index contributed by atoms with van der Waals surface area (Å²) in [6, 6.07) is 5.01. The van der Waals surface area contributed by atoms with Crippen LogP contribution >= 0.6 is 0 Å². The zero-order chi connectivity index (χ0) is 13.5. The molecule has 0 fully saturated rings. The molecule has 2 rings (SSSR count). The Balaban J connectivity index is 2.81. The standard InChI is InChI=1S/C15H18O3/c1-5-15(3,4)10-7-11(16)14-9(2)6-13(17)18-12(14)8-10/h6-8,16H,5H2,1-4H3. The second-order valence-electron chi connectivity index (χ2n) is 5.35. The van der Waals surface area contributed by atoms with E-state index in [-0.39, 0.29) is 16.8 Å². The monoisotopic (exact) mass is 246 g/mol. The average Bonchev–Trinajstić information content (AvgIpc) is 2.27. The van der Waals surface area contributed by atoms with Crippen LogP contribution in [0.15, 0.2) is 27.4 Å². The lowest BCUT2D eigenvalue weighted by Crippen LogP contribution is -2.15. The maximum atomic E-state index is 11.4. The first-order valence-corrected chi connectivity index (χ1v) is 6.13. The van der Waals surface area contributed by atoms with Crippen molar-refractivity contribution in [3.05, 3.63) is 39.7 Å². The van der Waals surface area contributed by atoms with Gasteiger partial charge in [0.05, 0.1) is 5.39 Å². The number of fused-ring (bicyclic) bond motifs is 1. The molecule has 0 unspecified atom stereocenters. The predicted octanol–water partition coefficient (Wildman–Crippen LogP) is 3.49. The van der Waals surface area contributed by atoms with Gasteiger partial charge in [0, 0.05) is 6.07 Å². The largest absolute Gasteiger partial charge is 0.507 e. The minimum atomic E-state index is -0.383. The van der Waals surface area contributed by atoms with E-state index in [0.29, 0.717) is 11.0 Å². The SMILES string of the molecule is CCC(C)(C)c1cc(O)c2c(C)cc(=O)oc2c1. The van der Waals surface area contributed by atoms with Gasteiger partial charge in [-0.2, -0.15) is 0 Å². The molecule has 0 saturated heterocycles. The van der Waals surface area contributed by atoms with Crippen molar-refractivity contribution in [3.63, 3.8) is 0 Å². The third-order valence-electron chi connectivity index (χ3n) is 3.69. The molecule has 18 heavy (non-hydrogen) atoms. The average molecular weight is 246 g/mol. The highest BCUT2D eigenvalue weighted by Crippen LogP contribution is 2.35. The molecule has 96 valence electrons. The lowest BCUT2D eigenvalue weighted by atomic mass is 9.81. The summed E-state index contributed by atoms with van der Waals surface area (Å²) in [6.07, 6.45) is 0.938. The topological polar surface area (TPSA) is 50.4 Å². The van der Waals surface area contributed by atoms with E-state index in [9.17, 15) is 9.90 Å². The van der Waals surface area contributed by atoms with Gasteiger partial charge in [0.1, 0.15) is 11.3 Å². The third kappa shape index (κ3) is 2.01. The molecule has 0 bridgehead atoms. The van der Waals surface area contributed by atoms with Crippen molar-refractivity contribution < 1.29 is 9.52 Å². The molecule has 1 aromatic heterocycles. The number of rotatable bonds is 2. The Morgan fingerprint density at radius 1 is 1.28 bits per heavy atom. The molecular weight excluding hydrogens is 228 g/mol. The molecule has 0 aliphatic rings. The van der Waals surface area contributed by atoms with Crippen LogP contribution in [0.5, 0.6) is 5.75 Å². The Morgan fingerprint density at radius 2 is 1.94 bits per heavy atom. The molecule has 0 atom stereocenters. The molecular formula is C15H18O3. The van der Waals surface area contributed by atoms with Crippen molar-refractivity contribution in [1.82, 2.24) is 0 Å². The second kappa shape index (κ2) is 4.16. The molecule has 0 amide bonds. The van der Waals surface area contributed by atoms with Crippen LogP contribution in [0.4, 0.5) is 0 Å². The van der Waals surface area contributed by atoms with E-state index in [1.165, 1.54) is 6.07 Å². The van der Waals surface area contributed by atoms with Crippen molar-refractivity contribution in [2.45, 2.75) is 39.5 Å². The number of aryl methyl sites for hydroxylation is 1. The summed E-state index contributed by atoms with van der Waals surface area (Å²) in [5.74, 6) is 0.172. The van der Waals surface area contributed by atoms with Crippen molar-refractivity contribution in [2.75, 3.05) is 0 Å². The third-order valence-corrected chi connectivity index (χ3v) is 3.69. The van der Waals surface area contributed by atoms with Crippen molar-refractivity contribution in [3.8, 4) is 5.75 Å². The number of aromatic hydroxyl groups is 1. The fraction of sp³-hybridized carbons (Fsp3) is 0.400. The normalized spacial score (nSPS) is 12.0. The Morgan fingerprint density at radius 3 is 2.56 bits per heavy atom. The molecule has 0 aliphatic heterocycles. The minimum Gasteiger partial charge on any atom is -0.507 e. The number of hydrogen-bond donors (Lipinski definition) is 1. The highest BCUT2D eigenvalue weighted by molar-refractivity contribution is 5.87. The van der Waals surface area contributed by atoms with Crippen LogP contribution in [0.1, 0.15) is 38.3 Å². The smallest absolute Gasteiger partial charge is 0.336 e. The molecule has 3 nitrogen and oxygen atoms in total. The van der Waals surface area contributed by atoms with Gasteiger partial charge < -0.3 is 9.52 Å². The van der Waals surface area contributed by atoms with Crippen LogP contribution in [0.2, 0.25) is 0 Å². The van der Waals surface area contributed by atoms with Gasteiger partial charge in [-0.05, 0) is 42.0 Å². The van der Waals surface area contributed by atoms with E-state index in [2.05, 4.69) is 20.8 Å². The Labute approximate surface area is 106 Å². The van der Waals surface area contributed by atoms with Crippen molar-refractivity contribution >= 4 is 11.0 Å². The van der Waals surface area contributed by atoms with Gasteiger partial charge >= 0.3 is 5.63 Å². The highest BCUT2D eigenvalue weighted by atomic mass is 16.4. The molecule has 1 aromatic carbocycles. The summed E-state index contributed by atoms with van der Waals surface area (Å²) >= 11 is 0. The van der Waals surface area contributed by atoms with Gasteiger partial charge in [0.15, 0.2) is 0 Å². The molecule has 3 heteroatoms. The number of benzene rings is 1. The van der Waals surface area contributed by atoms with E-state index in [4.69, 9.17) is 4.42 Å². The van der Waals surface area contributed by atoms with Crippen molar-refractivity contribution in [2.24, 2.45) is 0 Å². The van der Waals surface area contributed by atoms with Crippen LogP contribution in [0.25, 0.3) is 11.0 Å². The van der Waals surface area contributed by atoms with Gasteiger partial charge in [0.25, 0.3) is 0 Å². The summed E-state index contributed by atoms with van der Waals surface area (Å²) < 4.78 is 5.19. The first-order chi connectivity index (χ1) is 8.35. The van der Waals surface area contributed by atoms with Gasteiger partial charge in [-0.15, -0.1) is 0 Å². The van der Waals surface area contributed by atoms with Crippen LogP contribution < -0.4 is 5.63 Å². The molecule has 0 spiro atoms. The van der Waals surface area contributed by atoms with Crippen LogP contribution in [-0.4, -0.2) is 5.11 Å². The van der Waals surface area contributed by atoms with E-state index in [1.807, 2.05) is 6.07 Å². The number of hydrogen-bond acceptors (Lipinski definition) is 3. The molecule has 0 saturated carbocycles. The summed E-state index contributed by atoms with van der Waals surface area (Å²) in [6.45, 7) is 8.08. The number of phenols is 1. The zero-order valence-corrected chi connectivity index (χ0v) is 11.2.